The van der Waals surface area contributed by atoms with E-state index in [9.17, 15) is 0 Å². The summed E-state index contributed by atoms with van der Waals surface area (Å²) in [6.45, 7) is 4.40. The zero-order valence-corrected chi connectivity index (χ0v) is 9.89. The summed E-state index contributed by atoms with van der Waals surface area (Å²) >= 11 is 0. The van der Waals surface area contributed by atoms with Crippen LogP contribution in [0.2, 0.25) is 0 Å². The molecule has 1 heterocycles. The highest BCUT2D eigenvalue weighted by Gasteiger charge is 2.46. The molecule has 0 aromatic heterocycles. The zero-order valence-electron chi connectivity index (χ0n) is 9.89. The molecule has 0 aromatic rings. The molecular formula is C15H18O. The van der Waals surface area contributed by atoms with Crippen LogP contribution in [0.15, 0.2) is 48.3 Å². The van der Waals surface area contributed by atoms with Crippen LogP contribution in [-0.2, 0) is 4.74 Å². The van der Waals surface area contributed by atoms with E-state index < -0.39 is 0 Å². The number of hydrogen-bond donors (Lipinski definition) is 0. The van der Waals surface area contributed by atoms with Crippen molar-refractivity contribution in [3.8, 4) is 0 Å². The molecule has 3 unspecified atom stereocenters. The topological polar surface area (TPSA) is 9.23 Å². The minimum Gasteiger partial charge on any atom is -0.491 e. The first-order valence-electron chi connectivity index (χ1n) is 6.09. The molecule has 1 saturated heterocycles. The third-order valence-electron chi connectivity index (χ3n) is 3.98. The zero-order chi connectivity index (χ0) is 11.2. The predicted octanol–water partition coefficient (Wildman–Crippen LogP) is 3.61. The van der Waals surface area contributed by atoms with E-state index in [1.165, 1.54) is 5.76 Å². The summed E-state index contributed by atoms with van der Waals surface area (Å²) < 4.78 is 6.17. The van der Waals surface area contributed by atoms with E-state index in [0.717, 1.165) is 6.42 Å². The molecule has 3 atom stereocenters. The SMILES string of the molecule is CC1(C)OC2=CC=CCC2C2C=CC=CC21. The number of hydrogen-bond acceptors (Lipinski definition) is 1. The molecule has 0 radical (unpaired) electrons. The summed E-state index contributed by atoms with van der Waals surface area (Å²) in [5, 5.41) is 0. The van der Waals surface area contributed by atoms with Crippen molar-refractivity contribution < 1.29 is 4.74 Å². The molecule has 1 aliphatic heterocycles. The van der Waals surface area contributed by atoms with Crippen molar-refractivity contribution in [3.63, 3.8) is 0 Å². The minimum absolute atomic E-state index is 0.0839. The summed E-state index contributed by atoms with van der Waals surface area (Å²) in [6, 6.07) is 0. The van der Waals surface area contributed by atoms with E-state index >= 15 is 0 Å². The van der Waals surface area contributed by atoms with Crippen molar-refractivity contribution in [3.05, 3.63) is 48.3 Å². The van der Waals surface area contributed by atoms with Gasteiger partial charge in [0.15, 0.2) is 0 Å². The maximum atomic E-state index is 6.17. The van der Waals surface area contributed by atoms with E-state index in [1.807, 2.05) is 0 Å². The fourth-order valence-corrected chi connectivity index (χ4v) is 3.16. The van der Waals surface area contributed by atoms with Crippen molar-refractivity contribution in [2.75, 3.05) is 0 Å². The average Bonchev–Trinajstić information content (AvgIpc) is 2.29. The van der Waals surface area contributed by atoms with Crippen molar-refractivity contribution in [2.24, 2.45) is 17.8 Å². The Morgan fingerprint density at radius 1 is 1.19 bits per heavy atom. The van der Waals surface area contributed by atoms with Gasteiger partial charge in [0.25, 0.3) is 0 Å². The number of ether oxygens (including phenoxy) is 1. The molecular weight excluding hydrogens is 196 g/mol. The van der Waals surface area contributed by atoms with Crippen LogP contribution in [0.5, 0.6) is 0 Å². The summed E-state index contributed by atoms with van der Waals surface area (Å²) in [4.78, 5) is 0. The summed E-state index contributed by atoms with van der Waals surface area (Å²) in [6.07, 6.45) is 16.6. The number of rotatable bonds is 0. The van der Waals surface area contributed by atoms with Gasteiger partial charge in [0.2, 0.25) is 0 Å². The highest BCUT2D eigenvalue weighted by molar-refractivity contribution is 5.28. The minimum atomic E-state index is -0.0839. The van der Waals surface area contributed by atoms with E-state index in [0.29, 0.717) is 17.8 Å². The fourth-order valence-electron chi connectivity index (χ4n) is 3.16. The molecule has 84 valence electrons. The van der Waals surface area contributed by atoms with E-state index in [4.69, 9.17) is 4.74 Å². The maximum Gasteiger partial charge on any atom is 0.110 e. The number of fused-ring (bicyclic) bond motifs is 3. The van der Waals surface area contributed by atoms with Crippen LogP contribution in [-0.4, -0.2) is 5.60 Å². The van der Waals surface area contributed by atoms with Crippen LogP contribution in [0.1, 0.15) is 20.3 Å². The predicted molar refractivity (Wildman–Crippen MR) is 65.8 cm³/mol. The van der Waals surface area contributed by atoms with Crippen LogP contribution in [0, 0.1) is 17.8 Å². The van der Waals surface area contributed by atoms with Gasteiger partial charge in [-0.25, -0.2) is 0 Å². The smallest absolute Gasteiger partial charge is 0.110 e. The van der Waals surface area contributed by atoms with Crippen molar-refractivity contribution in [1.29, 1.82) is 0 Å². The lowest BCUT2D eigenvalue weighted by atomic mass is 9.67. The highest BCUT2D eigenvalue weighted by atomic mass is 16.5. The van der Waals surface area contributed by atoms with Gasteiger partial charge in [-0.1, -0.05) is 36.5 Å². The summed E-state index contributed by atoms with van der Waals surface area (Å²) in [5.41, 5.74) is -0.0839. The Hall–Kier alpha value is -1.24. The third kappa shape index (κ3) is 1.38. The Labute approximate surface area is 97.2 Å². The van der Waals surface area contributed by atoms with Crippen LogP contribution in [0.3, 0.4) is 0 Å². The van der Waals surface area contributed by atoms with Gasteiger partial charge < -0.3 is 4.74 Å². The molecule has 1 fully saturated rings. The van der Waals surface area contributed by atoms with Gasteiger partial charge in [-0.15, -0.1) is 0 Å². The molecule has 2 aliphatic carbocycles. The molecule has 0 spiro atoms. The van der Waals surface area contributed by atoms with Crippen LogP contribution in [0.4, 0.5) is 0 Å². The van der Waals surface area contributed by atoms with Crippen molar-refractivity contribution >= 4 is 0 Å². The van der Waals surface area contributed by atoms with E-state index in [1.54, 1.807) is 0 Å². The van der Waals surface area contributed by atoms with Gasteiger partial charge in [0, 0.05) is 11.8 Å². The lowest BCUT2D eigenvalue weighted by Gasteiger charge is -2.48. The molecule has 3 rings (SSSR count). The number of allylic oxidation sites excluding steroid dienone is 7. The second-order valence-electron chi connectivity index (χ2n) is 5.42. The lowest BCUT2D eigenvalue weighted by molar-refractivity contribution is -0.0746. The molecule has 0 saturated carbocycles. The lowest BCUT2D eigenvalue weighted by Crippen LogP contribution is -2.46. The van der Waals surface area contributed by atoms with Crippen molar-refractivity contribution in [2.45, 2.75) is 25.9 Å². The van der Waals surface area contributed by atoms with Crippen LogP contribution < -0.4 is 0 Å². The van der Waals surface area contributed by atoms with Crippen molar-refractivity contribution in [1.82, 2.24) is 0 Å². The maximum absolute atomic E-state index is 6.17. The van der Waals surface area contributed by atoms with E-state index in [2.05, 4.69) is 56.4 Å². The largest absolute Gasteiger partial charge is 0.491 e. The van der Waals surface area contributed by atoms with Gasteiger partial charge in [0.05, 0.1) is 0 Å². The fraction of sp³-hybridized carbons (Fsp3) is 0.467. The molecule has 16 heavy (non-hydrogen) atoms. The monoisotopic (exact) mass is 214 g/mol. The Balaban J connectivity index is 2.01. The molecule has 1 nitrogen and oxygen atoms in total. The standard InChI is InChI=1S/C15H18O/c1-15(2)13-9-5-3-7-11(13)12-8-4-6-10-14(12)16-15/h3-7,9-13H,8H2,1-2H3. The van der Waals surface area contributed by atoms with Crippen LogP contribution in [0.25, 0.3) is 0 Å². The molecule has 0 bridgehead atoms. The molecule has 0 N–H and O–H groups in total. The first-order chi connectivity index (χ1) is 7.68. The summed E-state index contributed by atoms with van der Waals surface area (Å²) in [5.74, 6) is 2.83. The molecule has 1 heteroatoms. The van der Waals surface area contributed by atoms with Gasteiger partial charge in [-0.05, 0) is 32.3 Å². The Kier molecular flexibility index (Phi) is 2.10. The van der Waals surface area contributed by atoms with Gasteiger partial charge >= 0.3 is 0 Å². The first kappa shape index (κ1) is 9.95. The third-order valence-corrected chi connectivity index (χ3v) is 3.98. The Morgan fingerprint density at radius 2 is 2.00 bits per heavy atom. The van der Waals surface area contributed by atoms with E-state index in [-0.39, 0.29) is 5.60 Å². The normalized spacial score (nSPS) is 38.4. The molecule has 3 aliphatic rings. The second kappa shape index (κ2) is 3.38. The molecule has 0 aromatic carbocycles. The van der Waals surface area contributed by atoms with Gasteiger partial charge in [-0.2, -0.15) is 0 Å². The quantitative estimate of drug-likeness (QED) is 0.598. The Bertz CT molecular complexity index is 409. The van der Waals surface area contributed by atoms with Gasteiger partial charge in [0.1, 0.15) is 11.4 Å². The summed E-state index contributed by atoms with van der Waals surface area (Å²) in [7, 11) is 0. The second-order valence-corrected chi connectivity index (χ2v) is 5.42. The average molecular weight is 214 g/mol. The molecule has 0 amide bonds. The van der Waals surface area contributed by atoms with Crippen LogP contribution >= 0.6 is 0 Å². The van der Waals surface area contributed by atoms with Gasteiger partial charge in [-0.3, -0.25) is 0 Å². The first-order valence-corrected chi connectivity index (χ1v) is 6.09. The highest BCUT2D eigenvalue weighted by Crippen LogP contribution is 2.48. The Morgan fingerprint density at radius 3 is 2.88 bits per heavy atom.